The second kappa shape index (κ2) is 4.15. The van der Waals surface area contributed by atoms with Gasteiger partial charge in [-0.3, -0.25) is 0 Å². The van der Waals surface area contributed by atoms with Crippen LogP contribution in [-0.4, -0.2) is 44.2 Å². The van der Waals surface area contributed by atoms with Gasteiger partial charge in [0.2, 0.25) is 0 Å². The van der Waals surface area contributed by atoms with Crippen molar-refractivity contribution in [3.05, 3.63) is 0 Å². The minimum atomic E-state index is -1.41. The van der Waals surface area contributed by atoms with Crippen LogP contribution < -0.4 is 0 Å². The molecule has 0 aromatic rings. The molecule has 0 fully saturated rings. The lowest BCUT2D eigenvalue weighted by Gasteiger charge is -2.21. The SMILES string of the molecule is CC(O)C(O)C(O)C(O)S. The van der Waals surface area contributed by atoms with Crippen molar-refractivity contribution in [2.75, 3.05) is 0 Å². The Balaban J connectivity index is 3.81. The maximum Gasteiger partial charge on any atom is 0.125 e. The standard InChI is InChI=1S/C5H12O4S/c1-2(6)3(7)4(8)5(9)10/h2-10H,1H3. The highest BCUT2D eigenvalue weighted by Gasteiger charge is 2.25. The van der Waals surface area contributed by atoms with E-state index in [0.717, 1.165) is 0 Å². The van der Waals surface area contributed by atoms with Crippen molar-refractivity contribution in [2.45, 2.75) is 30.7 Å². The van der Waals surface area contributed by atoms with Crippen LogP contribution in [0.2, 0.25) is 0 Å². The van der Waals surface area contributed by atoms with Crippen molar-refractivity contribution in [2.24, 2.45) is 0 Å². The number of aliphatic hydroxyl groups excluding tert-OH is 4. The molecule has 0 aromatic carbocycles. The van der Waals surface area contributed by atoms with Crippen LogP contribution in [-0.2, 0) is 0 Å². The summed E-state index contributed by atoms with van der Waals surface area (Å²) in [4.78, 5) is 0. The Bertz CT molecular complexity index is 83.6. The van der Waals surface area contributed by atoms with Gasteiger partial charge in [0.15, 0.2) is 0 Å². The summed E-state index contributed by atoms with van der Waals surface area (Å²) in [6, 6.07) is 0. The van der Waals surface area contributed by atoms with Crippen molar-refractivity contribution in [3.63, 3.8) is 0 Å². The summed E-state index contributed by atoms with van der Waals surface area (Å²) >= 11 is 3.46. The molecule has 0 amide bonds. The molecule has 5 heteroatoms. The molecule has 4 atom stereocenters. The fourth-order valence-electron chi connectivity index (χ4n) is 0.462. The molecular formula is C5H12O4S. The van der Waals surface area contributed by atoms with E-state index in [9.17, 15) is 0 Å². The van der Waals surface area contributed by atoms with E-state index in [1.807, 2.05) is 0 Å². The van der Waals surface area contributed by atoms with Gasteiger partial charge in [0, 0.05) is 0 Å². The van der Waals surface area contributed by atoms with Gasteiger partial charge in [-0.05, 0) is 6.92 Å². The summed E-state index contributed by atoms with van der Waals surface area (Å²) < 4.78 is 0. The maximum absolute atomic E-state index is 8.86. The van der Waals surface area contributed by atoms with Crippen LogP contribution in [0.4, 0.5) is 0 Å². The molecule has 4 nitrogen and oxygen atoms in total. The van der Waals surface area contributed by atoms with Crippen LogP contribution in [0.15, 0.2) is 0 Å². The van der Waals surface area contributed by atoms with Crippen molar-refractivity contribution >= 4 is 12.6 Å². The zero-order valence-electron chi connectivity index (χ0n) is 5.55. The van der Waals surface area contributed by atoms with Crippen LogP contribution in [0.1, 0.15) is 6.92 Å². The number of thiol groups is 1. The molecule has 0 saturated carbocycles. The zero-order valence-corrected chi connectivity index (χ0v) is 6.44. The van der Waals surface area contributed by atoms with Gasteiger partial charge in [-0.1, -0.05) is 0 Å². The number of aliphatic hydroxyl groups is 4. The minimum absolute atomic E-state index is 1.07. The third-order valence-corrected chi connectivity index (χ3v) is 1.46. The normalized spacial score (nSPS) is 23.4. The smallest absolute Gasteiger partial charge is 0.125 e. The highest BCUT2D eigenvalue weighted by Crippen LogP contribution is 2.06. The molecule has 0 saturated heterocycles. The topological polar surface area (TPSA) is 80.9 Å². The summed E-state index contributed by atoms with van der Waals surface area (Å²) in [6.07, 6.45) is -3.84. The Morgan fingerprint density at radius 1 is 1.00 bits per heavy atom. The van der Waals surface area contributed by atoms with Crippen molar-refractivity contribution in [1.29, 1.82) is 0 Å². The Morgan fingerprint density at radius 3 is 1.50 bits per heavy atom. The van der Waals surface area contributed by atoms with E-state index in [0.29, 0.717) is 0 Å². The zero-order chi connectivity index (χ0) is 8.31. The van der Waals surface area contributed by atoms with Gasteiger partial charge < -0.3 is 20.4 Å². The second-order valence-electron chi connectivity index (χ2n) is 2.14. The average molecular weight is 168 g/mol. The van der Waals surface area contributed by atoms with Crippen molar-refractivity contribution in [3.8, 4) is 0 Å². The first-order valence-electron chi connectivity index (χ1n) is 2.87. The third-order valence-electron chi connectivity index (χ3n) is 1.15. The second-order valence-corrected chi connectivity index (χ2v) is 2.66. The maximum atomic E-state index is 8.86. The Labute approximate surface area is 64.5 Å². The Hall–Kier alpha value is 0.190. The van der Waals surface area contributed by atoms with Gasteiger partial charge in [-0.25, -0.2) is 0 Å². The fourth-order valence-corrected chi connectivity index (χ4v) is 0.638. The molecule has 0 bridgehead atoms. The lowest BCUT2D eigenvalue weighted by atomic mass is 10.1. The van der Waals surface area contributed by atoms with E-state index in [-0.39, 0.29) is 0 Å². The molecule has 0 aliphatic heterocycles. The number of hydrogen-bond acceptors (Lipinski definition) is 5. The quantitative estimate of drug-likeness (QED) is 0.258. The van der Waals surface area contributed by atoms with E-state index in [1.54, 1.807) is 0 Å². The molecule has 62 valence electrons. The van der Waals surface area contributed by atoms with E-state index >= 15 is 0 Å². The summed E-state index contributed by atoms with van der Waals surface area (Å²) in [7, 11) is 0. The molecule has 0 aliphatic rings. The Kier molecular flexibility index (Phi) is 4.23. The molecule has 0 rings (SSSR count). The minimum Gasteiger partial charge on any atom is -0.391 e. The monoisotopic (exact) mass is 168 g/mol. The van der Waals surface area contributed by atoms with E-state index < -0.39 is 23.7 Å². The van der Waals surface area contributed by atoms with Crippen LogP contribution in [0.25, 0.3) is 0 Å². The molecule has 0 heterocycles. The molecule has 0 aliphatic carbocycles. The largest absolute Gasteiger partial charge is 0.391 e. The number of rotatable bonds is 3. The lowest BCUT2D eigenvalue weighted by molar-refractivity contribution is -0.0776. The van der Waals surface area contributed by atoms with Crippen LogP contribution >= 0.6 is 12.6 Å². The predicted molar refractivity (Wildman–Crippen MR) is 38.7 cm³/mol. The highest BCUT2D eigenvalue weighted by molar-refractivity contribution is 7.80. The van der Waals surface area contributed by atoms with Gasteiger partial charge >= 0.3 is 0 Å². The van der Waals surface area contributed by atoms with Gasteiger partial charge in [0.25, 0.3) is 0 Å². The van der Waals surface area contributed by atoms with Crippen molar-refractivity contribution in [1.82, 2.24) is 0 Å². The first-order chi connectivity index (χ1) is 4.46. The summed E-state index contributed by atoms with van der Waals surface area (Å²) in [5, 5.41) is 35.0. The van der Waals surface area contributed by atoms with E-state index in [1.165, 1.54) is 6.92 Å². The summed E-state index contributed by atoms with van der Waals surface area (Å²) in [6.45, 7) is 1.31. The Morgan fingerprint density at radius 2 is 1.40 bits per heavy atom. The molecule has 10 heavy (non-hydrogen) atoms. The molecule has 0 spiro atoms. The molecule has 0 radical (unpaired) electrons. The number of hydrogen-bond donors (Lipinski definition) is 5. The molecular weight excluding hydrogens is 156 g/mol. The van der Waals surface area contributed by atoms with E-state index in [2.05, 4.69) is 12.6 Å². The van der Waals surface area contributed by atoms with Crippen LogP contribution in [0, 0.1) is 0 Å². The van der Waals surface area contributed by atoms with Gasteiger partial charge in [0.1, 0.15) is 17.6 Å². The molecule has 4 N–H and O–H groups in total. The van der Waals surface area contributed by atoms with Crippen molar-refractivity contribution < 1.29 is 20.4 Å². The van der Waals surface area contributed by atoms with E-state index in [4.69, 9.17) is 20.4 Å². The third kappa shape index (κ3) is 2.85. The van der Waals surface area contributed by atoms with Gasteiger partial charge in [0.05, 0.1) is 6.10 Å². The first kappa shape index (κ1) is 10.2. The van der Waals surface area contributed by atoms with Gasteiger partial charge in [-0.15, -0.1) is 12.6 Å². The fraction of sp³-hybridized carbons (Fsp3) is 1.00. The lowest BCUT2D eigenvalue weighted by Crippen LogP contribution is -2.41. The summed E-state index contributed by atoms with van der Waals surface area (Å²) in [5.41, 5.74) is -1.33. The first-order valence-corrected chi connectivity index (χ1v) is 3.38. The molecule has 4 unspecified atom stereocenters. The van der Waals surface area contributed by atoms with Crippen LogP contribution in [0.5, 0.6) is 0 Å². The van der Waals surface area contributed by atoms with Gasteiger partial charge in [-0.2, -0.15) is 0 Å². The summed E-state index contributed by atoms with van der Waals surface area (Å²) in [5.74, 6) is 0. The average Bonchev–Trinajstić information content (AvgIpc) is 1.84. The highest BCUT2D eigenvalue weighted by atomic mass is 32.1. The van der Waals surface area contributed by atoms with Crippen LogP contribution in [0.3, 0.4) is 0 Å². The predicted octanol–water partition coefficient (Wildman–Crippen LogP) is -1.66. The molecule has 0 aromatic heterocycles.